The van der Waals surface area contributed by atoms with Gasteiger partial charge in [-0.15, -0.1) is 0 Å². The molecule has 0 aromatic heterocycles. The van der Waals surface area contributed by atoms with Crippen molar-refractivity contribution in [3.8, 4) is 0 Å². The number of halogens is 1. The highest BCUT2D eigenvalue weighted by Gasteiger charge is 2.07. The van der Waals surface area contributed by atoms with E-state index in [2.05, 4.69) is 12.2 Å². The molecule has 0 bridgehead atoms. The van der Waals surface area contributed by atoms with Gasteiger partial charge < -0.3 is 0 Å². The molecule has 66 valence electrons. The van der Waals surface area contributed by atoms with Gasteiger partial charge in [-0.05, 0) is 43.7 Å². The van der Waals surface area contributed by atoms with Crippen LogP contribution in [0, 0.1) is 5.92 Å². The minimum atomic E-state index is -0.339. The van der Waals surface area contributed by atoms with Crippen LogP contribution in [0.3, 0.4) is 0 Å². The van der Waals surface area contributed by atoms with Crippen molar-refractivity contribution >= 4 is 16.8 Å². The maximum atomic E-state index is 10.7. The molecule has 0 saturated heterocycles. The molecule has 0 heterocycles. The predicted molar refractivity (Wildman–Crippen MR) is 51.1 cm³/mol. The highest BCUT2D eigenvalue weighted by Crippen LogP contribution is 2.19. The molecule has 0 aromatic rings. The minimum absolute atomic E-state index is 0.339. The van der Waals surface area contributed by atoms with Gasteiger partial charge in [-0.1, -0.05) is 18.2 Å². The van der Waals surface area contributed by atoms with Gasteiger partial charge in [0.2, 0.25) is 5.24 Å². The van der Waals surface area contributed by atoms with Crippen molar-refractivity contribution in [3.63, 3.8) is 0 Å². The molecule has 1 nitrogen and oxygen atoms in total. The van der Waals surface area contributed by atoms with Gasteiger partial charge in [-0.3, -0.25) is 4.79 Å². The van der Waals surface area contributed by atoms with E-state index in [1.807, 2.05) is 6.08 Å². The molecule has 0 spiro atoms. The summed E-state index contributed by atoms with van der Waals surface area (Å²) in [6.45, 7) is 1.76. The molecule has 1 unspecified atom stereocenters. The zero-order valence-electron chi connectivity index (χ0n) is 7.22. The van der Waals surface area contributed by atoms with Crippen LogP contribution >= 0.6 is 11.6 Å². The number of allylic oxidation sites excluding steroid dienone is 4. The van der Waals surface area contributed by atoms with Crippen molar-refractivity contribution in [2.75, 3.05) is 0 Å². The lowest BCUT2D eigenvalue weighted by molar-refractivity contribution is -0.108. The molecule has 0 N–H and O–H groups in total. The highest BCUT2D eigenvalue weighted by molar-refractivity contribution is 6.67. The van der Waals surface area contributed by atoms with Crippen molar-refractivity contribution in [2.45, 2.75) is 26.2 Å². The van der Waals surface area contributed by atoms with E-state index in [-0.39, 0.29) is 5.24 Å². The summed E-state index contributed by atoms with van der Waals surface area (Å²) in [7, 11) is 0. The molecule has 1 atom stereocenters. The van der Waals surface area contributed by atoms with Crippen LogP contribution in [0.25, 0.3) is 0 Å². The Labute approximate surface area is 78.1 Å². The maximum Gasteiger partial charge on any atom is 0.247 e. The topological polar surface area (TPSA) is 17.1 Å². The van der Waals surface area contributed by atoms with E-state index in [9.17, 15) is 4.79 Å². The lowest BCUT2D eigenvalue weighted by Crippen LogP contribution is -1.99. The molecule has 12 heavy (non-hydrogen) atoms. The normalized spacial score (nSPS) is 24.2. The summed E-state index contributed by atoms with van der Waals surface area (Å²) in [5.41, 5.74) is 0.660. The lowest BCUT2D eigenvalue weighted by atomic mass is 9.94. The summed E-state index contributed by atoms with van der Waals surface area (Å²) in [4.78, 5) is 10.7. The first-order valence-corrected chi connectivity index (χ1v) is 4.63. The summed E-state index contributed by atoms with van der Waals surface area (Å²) in [5.74, 6) is 0.418. The first kappa shape index (κ1) is 9.53. The van der Waals surface area contributed by atoms with Gasteiger partial charge >= 0.3 is 0 Å². The molecule has 0 radical (unpaired) electrons. The second-order valence-corrected chi connectivity index (χ2v) is 3.49. The summed E-state index contributed by atoms with van der Waals surface area (Å²) < 4.78 is 0. The smallest absolute Gasteiger partial charge is 0.247 e. The number of rotatable bonds is 2. The summed E-state index contributed by atoms with van der Waals surface area (Å²) in [5, 5.41) is -0.339. The Balaban J connectivity index is 2.59. The molecule has 0 amide bonds. The number of carbonyl (C=O) groups is 1. The van der Waals surface area contributed by atoms with Gasteiger partial charge in [-0.25, -0.2) is 0 Å². The first-order valence-electron chi connectivity index (χ1n) is 4.25. The van der Waals surface area contributed by atoms with Crippen LogP contribution in [-0.2, 0) is 4.79 Å². The van der Waals surface area contributed by atoms with E-state index in [0.717, 1.165) is 12.8 Å². The Morgan fingerprint density at radius 1 is 1.67 bits per heavy atom. The molecule has 1 aliphatic rings. The van der Waals surface area contributed by atoms with Crippen LogP contribution in [0.15, 0.2) is 23.8 Å². The van der Waals surface area contributed by atoms with Crippen molar-refractivity contribution in [1.29, 1.82) is 0 Å². The largest absolute Gasteiger partial charge is 0.276 e. The number of hydrogen-bond acceptors (Lipinski definition) is 1. The minimum Gasteiger partial charge on any atom is -0.276 e. The van der Waals surface area contributed by atoms with Crippen molar-refractivity contribution in [3.05, 3.63) is 23.8 Å². The fourth-order valence-corrected chi connectivity index (χ4v) is 1.43. The van der Waals surface area contributed by atoms with Crippen LogP contribution in [0.2, 0.25) is 0 Å². The Hall–Kier alpha value is -0.560. The zero-order chi connectivity index (χ0) is 8.97. The molecular formula is C10H13ClO. The van der Waals surface area contributed by atoms with E-state index >= 15 is 0 Å². The van der Waals surface area contributed by atoms with Crippen molar-refractivity contribution < 1.29 is 4.79 Å². The number of carbonyl (C=O) groups excluding carboxylic acids is 1. The third-order valence-corrected chi connectivity index (χ3v) is 2.36. The van der Waals surface area contributed by atoms with E-state index in [1.54, 1.807) is 6.92 Å². The van der Waals surface area contributed by atoms with Crippen LogP contribution in [0.1, 0.15) is 26.2 Å². The Morgan fingerprint density at radius 3 is 2.92 bits per heavy atom. The van der Waals surface area contributed by atoms with Crippen LogP contribution in [0.5, 0.6) is 0 Å². The quantitative estimate of drug-likeness (QED) is 0.366. The fourth-order valence-electron chi connectivity index (χ4n) is 1.36. The van der Waals surface area contributed by atoms with Crippen molar-refractivity contribution in [2.24, 2.45) is 5.92 Å². The monoisotopic (exact) mass is 184 g/mol. The highest BCUT2D eigenvalue weighted by atomic mass is 35.5. The van der Waals surface area contributed by atoms with Gasteiger partial charge in [0, 0.05) is 5.57 Å². The average Bonchev–Trinajstić information content (AvgIpc) is 2.06. The molecule has 0 saturated carbocycles. The molecular weight excluding hydrogens is 172 g/mol. The van der Waals surface area contributed by atoms with Gasteiger partial charge in [-0.2, -0.15) is 0 Å². The summed E-state index contributed by atoms with van der Waals surface area (Å²) in [6, 6.07) is 0. The van der Waals surface area contributed by atoms with E-state index < -0.39 is 0 Å². The molecule has 1 rings (SSSR count). The number of hydrogen-bond donors (Lipinski definition) is 0. The second kappa shape index (κ2) is 4.46. The van der Waals surface area contributed by atoms with Gasteiger partial charge in [0.15, 0.2) is 0 Å². The van der Waals surface area contributed by atoms with E-state index in [0.29, 0.717) is 11.5 Å². The first-order chi connectivity index (χ1) is 5.70. The second-order valence-electron chi connectivity index (χ2n) is 3.15. The lowest BCUT2D eigenvalue weighted by Gasteiger charge is -2.11. The van der Waals surface area contributed by atoms with Crippen LogP contribution in [0.4, 0.5) is 0 Å². The predicted octanol–water partition coefficient (Wildman–Crippen LogP) is 3.05. The zero-order valence-corrected chi connectivity index (χ0v) is 7.97. The van der Waals surface area contributed by atoms with E-state index in [1.165, 1.54) is 6.42 Å². The third kappa shape index (κ3) is 2.82. The summed E-state index contributed by atoms with van der Waals surface area (Å²) in [6.07, 6.45) is 9.77. The SMILES string of the molecule is CC(=CC1C=CCCC1)C(=O)Cl. The molecule has 1 aliphatic carbocycles. The average molecular weight is 185 g/mol. The standard InChI is InChI=1S/C10H13ClO/c1-8(10(11)12)7-9-5-3-2-4-6-9/h3,5,7,9H,2,4,6H2,1H3. The summed E-state index contributed by atoms with van der Waals surface area (Å²) >= 11 is 5.32. The van der Waals surface area contributed by atoms with Gasteiger partial charge in [0.05, 0.1) is 0 Å². The molecule has 0 aromatic carbocycles. The Bertz CT molecular complexity index is 228. The molecule has 0 fully saturated rings. The van der Waals surface area contributed by atoms with E-state index in [4.69, 9.17) is 11.6 Å². The third-order valence-electron chi connectivity index (χ3n) is 2.07. The van der Waals surface area contributed by atoms with Gasteiger partial charge in [0.1, 0.15) is 0 Å². The fraction of sp³-hybridized carbons (Fsp3) is 0.500. The molecule has 2 heteroatoms. The van der Waals surface area contributed by atoms with Crippen LogP contribution < -0.4 is 0 Å². The van der Waals surface area contributed by atoms with Crippen molar-refractivity contribution in [1.82, 2.24) is 0 Å². The Kier molecular flexibility index (Phi) is 3.54. The maximum absolute atomic E-state index is 10.7. The van der Waals surface area contributed by atoms with Crippen LogP contribution in [-0.4, -0.2) is 5.24 Å². The van der Waals surface area contributed by atoms with Gasteiger partial charge in [0.25, 0.3) is 0 Å². The molecule has 0 aliphatic heterocycles. The Morgan fingerprint density at radius 2 is 2.42 bits per heavy atom.